The van der Waals surface area contributed by atoms with E-state index in [0.717, 1.165) is 13.0 Å². The summed E-state index contributed by atoms with van der Waals surface area (Å²) in [5.41, 5.74) is 5.65. The minimum atomic E-state index is 0.217. The fourth-order valence-electron chi connectivity index (χ4n) is 1.25. The second kappa shape index (κ2) is 5.67. The fraction of sp³-hybridized carbons (Fsp3) is 0.400. The lowest BCUT2D eigenvalue weighted by Crippen LogP contribution is -2.05. The highest BCUT2D eigenvalue weighted by atomic mass is 32.2. The van der Waals surface area contributed by atoms with Gasteiger partial charge in [-0.2, -0.15) is 4.98 Å². The minimum absolute atomic E-state index is 0.217. The summed E-state index contributed by atoms with van der Waals surface area (Å²) in [6.07, 6.45) is 1.01. The summed E-state index contributed by atoms with van der Waals surface area (Å²) in [6.45, 7) is 4.65. The molecule has 0 fully saturated rings. The van der Waals surface area contributed by atoms with Crippen molar-refractivity contribution in [1.82, 2.24) is 20.2 Å². The van der Waals surface area contributed by atoms with Gasteiger partial charge >= 0.3 is 0 Å². The van der Waals surface area contributed by atoms with Crippen LogP contribution in [0.25, 0.3) is 0 Å². The van der Waals surface area contributed by atoms with E-state index in [9.17, 15) is 0 Å². The first-order valence-electron chi connectivity index (χ1n) is 5.53. The van der Waals surface area contributed by atoms with E-state index in [1.54, 1.807) is 13.0 Å². The molecular weight excluding hydrogens is 252 g/mol. The number of rotatable bonds is 5. The summed E-state index contributed by atoms with van der Waals surface area (Å²) in [5.74, 6) is 1.43. The summed E-state index contributed by atoms with van der Waals surface area (Å²) in [6, 6.07) is 1.80. The van der Waals surface area contributed by atoms with Gasteiger partial charge in [-0.1, -0.05) is 6.92 Å². The van der Waals surface area contributed by atoms with Crippen molar-refractivity contribution in [2.45, 2.75) is 30.5 Å². The summed E-state index contributed by atoms with van der Waals surface area (Å²) >= 11 is 1.26. The van der Waals surface area contributed by atoms with Crippen LogP contribution >= 0.6 is 11.8 Å². The average Bonchev–Trinajstić information content (AvgIpc) is 2.71. The topological polar surface area (TPSA) is 103 Å². The molecule has 2 aromatic heterocycles. The van der Waals surface area contributed by atoms with Crippen molar-refractivity contribution < 1.29 is 4.42 Å². The number of nitrogens with zero attached hydrogens (tertiary/aromatic N) is 4. The monoisotopic (exact) mass is 266 g/mol. The molecule has 8 heteroatoms. The highest BCUT2D eigenvalue weighted by Gasteiger charge is 2.08. The third-order valence-corrected chi connectivity index (χ3v) is 2.73. The Morgan fingerprint density at radius 3 is 2.89 bits per heavy atom. The third-order valence-electron chi connectivity index (χ3n) is 1.98. The van der Waals surface area contributed by atoms with Gasteiger partial charge in [0.15, 0.2) is 0 Å². The van der Waals surface area contributed by atoms with Crippen LogP contribution in [-0.4, -0.2) is 26.7 Å². The first-order chi connectivity index (χ1) is 8.67. The Labute approximate surface area is 109 Å². The van der Waals surface area contributed by atoms with Crippen molar-refractivity contribution >= 4 is 23.5 Å². The number of hydrogen-bond acceptors (Lipinski definition) is 8. The third kappa shape index (κ3) is 3.33. The molecule has 18 heavy (non-hydrogen) atoms. The van der Waals surface area contributed by atoms with Crippen molar-refractivity contribution in [1.29, 1.82) is 0 Å². The average molecular weight is 266 g/mol. The van der Waals surface area contributed by atoms with Crippen molar-refractivity contribution in [2.75, 3.05) is 17.6 Å². The van der Waals surface area contributed by atoms with Crippen LogP contribution in [0.4, 0.5) is 11.8 Å². The highest BCUT2D eigenvalue weighted by Crippen LogP contribution is 2.26. The molecule has 2 aromatic rings. The smallest absolute Gasteiger partial charge is 0.282 e. The van der Waals surface area contributed by atoms with Crippen LogP contribution < -0.4 is 11.1 Å². The molecule has 0 aliphatic heterocycles. The van der Waals surface area contributed by atoms with Gasteiger partial charge in [0.1, 0.15) is 10.8 Å². The molecule has 96 valence electrons. The number of nitrogens with one attached hydrogen (secondary N) is 1. The summed E-state index contributed by atoms with van der Waals surface area (Å²) in [5, 5.41) is 11.9. The SMILES string of the molecule is CCCNc1cc(Sc2nnc(C)o2)nc(N)n1. The summed E-state index contributed by atoms with van der Waals surface area (Å²) in [7, 11) is 0. The first-order valence-corrected chi connectivity index (χ1v) is 6.35. The van der Waals surface area contributed by atoms with Gasteiger partial charge < -0.3 is 15.5 Å². The van der Waals surface area contributed by atoms with Gasteiger partial charge in [-0.05, 0) is 18.2 Å². The predicted octanol–water partition coefficient (Wildman–Crippen LogP) is 1.72. The molecule has 0 radical (unpaired) electrons. The van der Waals surface area contributed by atoms with Crippen LogP contribution in [0.5, 0.6) is 0 Å². The molecule has 2 rings (SSSR count). The Kier molecular flexibility index (Phi) is 3.98. The largest absolute Gasteiger partial charge is 0.416 e. The van der Waals surface area contributed by atoms with Crippen molar-refractivity contribution in [3.8, 4) is 0 Å². The Hall–Kier alpha value is -1.83. The Morgan fingerprint density at radius 2 is 2.22 bits per heavy atom. The normalized spacial score (nSPS) is 10.6. The first kappa shape index (κ1) is 12.6. The van der Waals surface area contributed by atoms with Crippen LogP contribution in [0.1, 0.15) is 19.2 Å². The maximum atomic E-state index is 5.65. The van der Waals surface area contributed by atoms with E-state index < -0.39 is 0 Å². The lowest BCUT2D eigenvalue weighted by molar-refractivity contribution is 0.429. The van der Waals surface area contributed by atoms with E-state index in [0.29, 0.717) is 22.0 Å². The maximum absolute atomic E-state index is 5.65. The van der Waals surface area contributed by atoms with Gasteiger partial charge in [0.2, 0.25) is 11.8 Å². The van der Waals surface area contributed by atoms with Gasteiger partial charge in [0, 0.05) is 19.5 Å². The molecule has 0 atom stereocenters. The second-order valence-electron chi connectivity index (χ2n) is 3.57. The standard InChI is InChI=1S/C10H14N6OS/c1-3-4-12-7-5-8(14-9(11)13-7)18-10-16-15-6(2)17-10/h5H,3-4H2,1-2H3,(H3,11,12,13,14). The Bertz CT molecular complexity index is 529. The molecule has 0 aliphatic carbocycles. The molecule has 2 heterocycles. The summed E-state index contributed by atoms with van der Waals surface area (Å²) < 4.78 is 5.27. The Morgan fingerprint density at radius 1 is 1.39 bits per heavy atom. The number of nitrogens with two attached hydrogens (primary N) is 1. The molecule has 7 nitrogen and oxygen atoms in total. The van der Waals surface area contributed by atoms with Crippen molar-refractivity contribution in [2.24, 2.45) is 0 Å². The predicted molar refractivity (Wildman–Crippen MR) is 68.4 cm³/mol. The van der Waals surface area contributed by atoms with Crippen LogP contribution in [0.2, 0.25) is 0 Å². The number of aryl methyl sites for hydroxylation is 1. The molecule has 0 saturated heterocycles. The van der Waals surface area contributed by atoms with Crippen molar-refractivity contribution in [3.05, 3.63) is 12.0 Å². The lowest BCUT2D eigenvalue weighted by atomic mass is 10.4. The molecule has 0 saturated carbocycles. The zero-order valence-corrected chi connectivity index (χ0v) is 11.0. The van der Waals surface area contributed by atoms with Gasteiger partial charge in [0.25, 0.3) is 5.22 Å². The quantitative estimate of drug-likeness (QED) is 0.788. The van der Waals surface area contributed by atoms with Crippen LogP contribution in [0.3, 0.4) is 0 Å². The molecule has 0 unspecified atom stereocenters. The molecule has 0 spiro atoms. The van der Waals surface area contributed by atoms with Crippen LogP contribution in [0, 0.1) is 6.92 Å². The van der Waals surface area contributed by atoms with E-state index >= 15 is 0 Å². The van der Waals surface area contributed by atoms with Gasteiger partial charge in [-0.25, -0.2) is 4.98 Å². The van der Waals surface area contributed by atoms with Crippen LogP contribution in [-0.2, 0) is 0 Å². The zero-order chi connectivity index (χ0) is 13.0. The maximum Gasteiger partial charge on any atom is 0.282 e. The molecule has 0 aliphatic rings. The van der Waals surface area contributed by atoms with Gasteiger partial charge in [0.05, 0.1) is 0 Å². The molecule has 0 bridgehead atoms. The van der Waals surface area contributed by atoms with E-state index in [2.05, 4.69) is 32.4 Å². The van der Waals surface area contributed by atoms with Gasteiger partial charge in [-0.3, -0.25) is 0 Å². The lowest BCUT2D eigenvalue weighted by Gasteiger charge is -2.05. The van der Waals surface area contributed by atoms with Gasteiger partial charge in [-0.15, -0.1) is 10.2 Å². The van der Waals surface area contributed by atoms with E-state index in [1.165, 1.54) is 11.8 Å². The number of anilines is 2. The fourth-order valence-corrected chi connectivity index (χ4v) is 1.98. The van der Waals surface area contributed by atoms with Crippen molar-refractivity contribution in [3.63, 3.8) is 0 Å². The van der Waals surface area contributed by atoms with E-state index in [-0.39, 0.29) is 5.95 Å². The summed E-state index contributed by atoms with van der Waals surface area (Å²) in [4.78, 5) is 8.20. The molecule has 0 amide bonds. The van der Waals surface area contributed by atoms with E-state index in [4.69, 9.17) is 10.2 Å². The molecule has 3 N–H and O–H groups in total. The molecule has 0 aromatic carbocycles. The number of hydrogen-bond donors (Lipinski definition) is 2. The second-order valence-corrected chi connectivity index (χ2v) is 4.54. The minimum Gasteiger partial charge on any atom is -0.416 e. The highest BCUT2D eigenvalue weighted by molar-refractivity contribution is 7.99. The Balaban J connectivity index is 2.14. The number of aromatic nitrogens is 4. The zero-order valence-electron chi connectivity index (χ0n) is 10.2. The van der Waals surface area contributed by atoms with Crippen LogP contribution in [0.15, 0.2) is 20.7 Å². The molecular formula is C10H14N6OS. The van der Waals surface area contributed by atoms with E-state index in [1.807, 2.05) is 0 Å². The number of nitrogen functional groups attached to an aromatic ring is 1.